The predicted octanol–water partition coefficient (Wildman–Crippen LogP) is 3.62. The van der Waals surface area contributed by atoms with Crippen molar-refractivity contribution >= 4 is 11.0 Å². The minimum Gasteiger partial charge on any atom is -0.346 e. The number of aromatic amines is 1. The van der Waals surface area contributed by atoms with Gasteiger partial charge >= 0.3 is 0 Å². The molecule has 6 rings (SSSR count). The Morgan fingerprint density at radius 2 is 1.86 bits per heavy atom. The van der Waals surface area contributed by atoms with Gasteiger partial charge in [-0.05, 0) is 74.0 Å². The molecule has 2 heterocycles. The number of pyridine rings is 1. The molecule has 3 nitrogen and oxygen atoms in total. The van der Waals surface area contributed by atoms with Gasteiger partial charge in [0.05, 0.1) is 0 Å². The van der Waals surface area contributed by atoms with E-state index in [4.69, 9.17) is 0 Å². The summed E-state index contributed by atoms with van der Waals surface area (Å²) >= 11 is 0. The fourth-order valence-electron chi connectivity index (χ4n) is 5.77. The number of aromatic nitrogens is 2. The smallest absolute Gasteiger partial charge is 0.137 e. The largest absolute Gasteiger partial charge is 0.346 e. The Hall–Kier alpha value is -1.35. The van der Waals surface area contributed by atoms with Gasteiger partial charge < -0.3 is 10.3 Å². The summed E-state index contributed by atoms with van der Waals surface area (Å²) in [5.41, 5.74) is 2.83. The van der Waals surface area contributed by atoms with Crippen LogP contribution in [0.5, 0.6) is 0 Å². The monoisotopic (exact) mass is 281 g/mol. The van der Waals surface area contributed by atoms with E-state index in [1.165, 1.54) is 49.5 Å². The maximum Gasteiger partial charge on any atom is 0.137 e. The van der Waals surface area contributed by atoms with E-state index < -0.39 is 0 Å². The van der Waals surface area contributed by atoms with E-state index in [1.54, 1.807) is 0 Å². The molecular weight excluding hydrogens is 258 g/mol. The molecule has 2 N–H and O–H groups in total. The van der Waals surface area contributed by atoms with Crippen molar-refractivity contribution in [2.75, 3.05) is 0 Å². The van der Waals surface area contributed by atoms with Gasteiger partial charge in [-0.3, -0.25) is 0 Å². The maximum atomic E-state index is 4.39. The average molecular weight is 281 g/mol. The Labute approximate surface area is 125 Å². The molecule has 0 aliphatic heterocycles. The van der Waals surface area contributed by atoms with E-state index in [1.807, 2.05) is 12.3 Å². The second kappa shape index (κ2) is 4.33. The van der Waals surface area contributed by atoms with Crippen LogP contribution in [-0.4, -0.2) is 15.5 Å². The lowest BCUT2D eigenvalue weighted by molar-refractivity contribution is -0.0205. The van der Waals surface area contributed by atoms with E-state index in [9.17, 15) is 0 Å². The second-order valence-corrected chi connectivity index (χ2v) is 7.76. The Morgan fingerprint density at radius 1 is 1.14 bits per heavy atom. The van der Waals surface area contributed by atoms with Gasteiger partial charge in [-0.25, -0.2) is 4.98 Å². The summed E-state index contributed by atoms with van der Waals surface area (Å²) in [5, 5.41) is 5.25. The van der Waals surface area contributed by atoms with Gasteiger partial charge in [0.1, 0.15) is 5.65 Å². The zero-order valence-corrected chi connectivity index (χ0v) is 12.4. The first kappa shape index (κ1) is 12.2. The van der Waals surface area contributed by atoms with Crippen molar-refractivity contribution in [1.82, 2.24) is 15.3 Å². The zero-order valence-electron chi connectivity index (χ0n) is 12.4. The molecule has 110 valence electrons. The highest BCUT2D eigenvalue weighted by atomic mass is 15.0. The van der Waals surface area contributed by atoms with E-state index >= 15 is 0 Å². The quantitative estimate of drug-likeness (QED) is 0.902. The Kier molecular flexibility index (Phi) is 2.52. The third-order valence-corrected chi connectivity index (χ3v) is 6.23. The van der Waals surface area contributed by atoms with Crippen LogP contribution in [0, 0.1) is 17.8 Å². The summed E-state index contributed by atoms with van der Waals surface area (Å²) in [6.45, 7) is 0.984. The molecule has 4 aliphatic rings. The van der Waals surface area contributed by atoms with Gasteiger partial charge in [0.25, 0.3) is 0 Å². The third kappa shape index (κ3) is 1.94. The van der Waals surface area contributed by atoms with Crippen LogP contribution in [-0.2, 0) is 6.54 Å². The minimum atomic E-state index is 0.445. The summed E-state index contributed by atoms with van der Waals surface area (Å²) in [7, 11) is 0. The van der Waals surface area contributed by atoms with Crippen LogP contribution in [0.3, 0.4) is 0 Å². The van der Waals surface area contributed by atoms with Gasteiger partial charge in [-0.1, -0.05) is 0 Å². The summed E-state index contributed by atoms with van der Waals surface area (Å²) in [6.07, 6.45) is 12.8. The van der Waals surface area contributed by atoms with Crippen LogP contribution in [0.4, 0.5) is 0 Å². The fraction of sp³-hybridized carbons (Fsp3) is 0.611. The normalized spacial score (nSPS) is 37.4. The SMILES string of the molecule is c1cnc2[nH]cc(CNC34CC5CC(CC(C5)C3)C4)c2c1. The number of fused-ring (bicyclic) bond motifs is 1. The molecule has 4 aliphatic carbocycles. The van der Waals surface area contributed by atoms with Crippen molar-refractivity contribution in [3.05, 3.63) is 30.1 Å². The summed E-state index contributed by atoms with van der Waals surface area (Å²) < 4.78 is 0. The van der Waals surface area contributed by atoms with Crippen LogP contribution in [0.15, 0.2) is 24.5 Å². The molecule has 2 aromatic rings. The first-order valence-corrected chi connectivity index (χ1v) is 8.46. The van der Waals surface area contributed by atoms with E-state index in [0.29, 0.717) is 5.54 Å². The molecule has 2 aromatic heterocycles. The van der Waals surface area contributed by atoms with Gasteiger partial charge in [-0.15, -0.1) is 0 Å². The lowest BCUT2D eigenvalue weighted by Gasteiger charge is -2.57. The highest BCUT2D eigenvalue weighted by molar-refractivity contribution is 5.79. The molecule has 0 saturated heterocycles. The highest BCUT2D eigenvalue weighted by Crippen LogP contribution is 2.55. The van der Waals surface area contributed by atoms with Gasteiger partial charge in [0, 0.05) is 29.9 Å². The van der Waals surface area contributed by atoms with Crippen LogP contribution in [0.1, 0.15) is 44.1 Å². The molecule has 0 radical (unpaired) electrons. The van der Waals surface area contributed by atoms with Gasteiger partial charge in [0.15, 0.2) is 0 Å². The molecule has 4 saturated carbocycles. The molecule has 0 aromatic carbocycles. The van der Waals surface area contributed by atoms with Crippen molar-refractivity contribution in [2.45, 2.75) is 50.6 Å². The Morgan fingerprint density at radius 3 is 2.57 bits per heavy atom. The minimum absolute atomic E-state index is 0.445. The van der Waals surface area contributed by atoms with E-state index in [0.717, 1.165) is 29.9 Å². The van der Waals surface area contributed by atoms with Crippen molar-refractivity contribution in [2.24, 2.45) is 17.8 Å². The third-order valence-electron chi connectivity index (χ3n) is 6.23. The number of rotatable bonds is 3. The Bertz CT molecular complexity index is 637. The van der Waals surface area contributed by atoms with Gasteiger partial charge in [-0.2, -0.15) is 0 Å². The number of hydrogen-bond donors (Lipinski definition) is 2. The molecule has 21 heavy (non-hydrogen) atoms. The first-order valence-electron chi connectivity index (χ1n) is 8.46. The summed E-state index contributed by atoms with van der Waals surface area (Å²) in [4.78, 5) is 7.69. The maximum absolute atomic E-state index is 4.39. The summed E-state index contributed by atoms with van der Waals surface area (Å²) in [6, 6.07) is 4.21. The van der Waals surface area contributed by atoms with E-state index in [-0.39, 0.29) is 0 Å². The number of nitrogens with one attached hydrogen (secondary N) is 2. The molecule has 0 unspecified atom stereocenters. The highest BCUT2D eigenvalue weighted by Gasteiger charge is 2.50. The summed E-state index contributed by atoms with van der Waals surface area (Å²) in [5.74, 6) is 3.02. The van der Waals surface area contributed by atoms with E-state index in [2.05, 4.69) is 27.5 Å². The number of nitrogens with zero attached hydrogens (tertiary/aromatic N) is 1. The number of hydrogen-bond acceptors (Lipinski definition) is 2. The van der Waals surface area contributed by atoms with Crippen LogP contribution in [0.2, 0.25) is 0 Å². The van der Waals surface area contributed by atoms with Crippen molar-refractivity contribution in [3.63, 3.8) is 0 Å². The lowest BCUT2D eigenvalue weighted by Crippen LogP contribution is -2.58. The van der Waals surface area contributed by atoms with Crippen molar-refractivity contribution < 1.29 is 0 Å². The number of H-pyrrole nitrogens is 1. The molecule has 0 amide bonds. The topological polar surface area (TPSA) is 40.7 Å². The molecule has 0 spiro atoms. The fourth-order valence-corrected chi connectivity index (χ4v) is 5.77. The molecule has 0 atom stereocenters. The first-order chi connectivity index (χ1) is 10.3. The lowest BCUT2D eigenvalue weighted by atomic mass is 9.53. The van der Waals surface area contributed by atoms with Crippen molar-refractivity contribution in [3.8, 4) is 0 Å². The van der Waals surface area contributed by atoms with Crippen LogP contribution < -0.4 is 5.32 Å². The van der Waals surface area contributed by atoms with Crippen LogP contribution >= 0.6 is 0 Å². The molecule has 3 heteroatoms. The molecule has 4 fully saturated rings. The average Bonchev–Trinajstić information content (AvgIpc) is 2.87. The second-order valence-electron chi connectivity index (χ2n) is 7.76. The van der Waals surface area contributed by atoms with Gasteiger partial charge in [0.2, 0.25) is 0 Å². The molecular formula is C18H23N3. The Balaban J connectivity index is 1.38. The van der Waals surface area contributed by atoms with Crippen molar-refractivity contribution in [1.29, 1.82) is 0 Å². The molecule has 4 bridgehead atoms. The predicted molar refractivity (Wildman–Crippen MR) is 83.8 cm³/mol. The standard InChI is InChI=1S/C18H23N3/c1-2-16-15(10-20-17(16)19-3-1)11-21-18-7-12-4-13(8-18)6-14(5-12)9-18/h1-3,10,12-14,21H,4-9,11H2,(H,19,20). The van der Waals surface area contributed by atoms with Crippen LogP contribution in [0.25, 0.3) is 11.0 Å². The zero-order chi connectivity index (χ0) is 13.9.